The number of amides is 1. The van der Waals surface area contributed by atoms with Crippen molar-refractivity contribution in [2.45, 2.75) is 26.2 Å². The average Bonchev–Trinajstić information content (AvgIpc) is 2.16. The second-order valence-electron chi connectivity index (χ2n) is 3.08. The summed E-state index contributed by atoms with van der Waals surface area (Å²) >= 11 is 0. The van der Waals surface area contributed by atoms with Crippen molar-refractivity contribution in [3.05, 3.63) is 12.7 Å². The summed E-state index contributed by atoms with van der Waals surface area (Å²) in [7, 11) is 0. The monoisotopic (exact) mass is 199 g/mol. The van der Waals surface area contributed by atoms with Crippen molar-refractivity contribution < 1.29 is 14.7 Å². The third-order valence-electron chi connectivity index (χ3n) is 2.06. The van der Waals surface area contributed by atoms with Crippen molar-refractivity contribution in [3.63, 3.8) is 0 Å². The molecule has 0 aliphatic carbocycles. The summed E-state index contributed by atoms with van der Waals surface area (Å²) in [5.74, 6) is -1.27. The van der Waals surface area contributed by atoms with Crippen molar-refractivity contribution in [1.82, 2.24) is 5.32 Å². The summed E-state index contributed by atoms with van der Waals surface area (Å²) < 4.78 is 0. The standard InChI is InChI=1S/C10H17NO3/c1-3-8(10(13)14)6-5-7-11-9(12)4-2/h4,8H,2-3,5-7H2,1H3,(H,11,12)(H,13,14). The first-order valence-corrected chi connectivity index (χ1v) is 4.74. The molecule has 0 aliphatic rings. The van der Waals surface area contributed by atoms with Gasteiger partial charge in [-0.05, 0) is 25.3 Å². The molecule has 1 atom stereocenters. The molecule has 0 aromatic heterocycles. The maximum absolute atomic E-state index is 10.7. The van der Waals surface area contributed by atoms with Crippen LogP contribution in [0.25, 0.3) is 0 Å². The molecule has 0 fully saturated rings. The molecule has 4 heteroatoms. The van der Waals surface area contributed by atoms with E-state index in [9.17, 15) is 9.59 Å². The molecule has 1 amide bonds. The van der Waals surface area contributed by atoms with Crippen LogP contribution in [0.3, 0.4) is 0 Å². The van der Waals surface area contributed by atoms with E-state index in [0.717, 1.165) is 0 Å². The van der Waals surface area contributed by atoms with Gasteiger partial charge in [-0.3, -0.25) is 9.59 Å². The maximum Gasteiger partial charge on any atom is 0.306 e. The van der Waals surface area contributed by atoms with E-state index in [2.05, 4.69) is 11.9 Å². The van der Waals surface area contributed by atoms with Crippen LogP contribution in [0.5, 0.6) is 0 Å². The van der Waals surface area contributed by atoms with E-state index in [4.69, 9.17) is 5.11 Å². The Balaban J connectivity index is 3.57. The summed E-state index contributed by atoms with van der Waals surface area (Å²) in [4.78, 5) is 21.3. The predicted molar refractivity (Wildman–Crippen MR) is 53.9 cm³/mol. The molecule has 0 spiro atoms. The molecule has 4 nitrogen and oxygen atoms in total. The van der Waals surface area contributed by atoms with E-state index in [1.165, 1.54) is 6.08 Å². The zero-order valence-electron chi connectivity index (χ0n) is 8.45. The molecule has 0 aromatic rings. The minimum absolute atomic E-state index is 0.214. The Bertz CT molecular complexity index is 213. The van der Waals surface area contributed by atoms with Crippen LogP contribution in [0, 0.1) is 5.92 Å². The van der Waals surface area contributed by atoms with Crippen molar-refractivity contribution in [1.29, 1.82) is 0 Å². The highest BCUT2D eigenvalue weighted by molar-refractivity contribution is 5.86. The Morgan fingerprint density at radius 3 is 2.64 bits per heavy atom. The van der Waals surface area contributed by atoms with Crippen molar-refractivity contribution in [3.8, 4) is 0 Å². The number of nitrogens with one attached hydrogen (secondary N) is 1. The first kappa shape index (κ1) is 12.7. The van der Waals surface area contributed by atoms with Gasteiger partial charge >= 0.3 is 5.97 Å². The molecule has 14 heavy (non-hydrogen) atoms. The van der Waals surface area contributed by atoms with Gasteiger partial charge < -0.3 is 10.4 Å². The lowest BCUT2D eigenvalue weighted by Crippen LogP contribution is -2.23. The normalized spacial score (nSPS) is 11.8. The lowest BCUT2D eigenvalue weighted by atomic mass is 10.0. The fourth-order valence-corrected chi connectivity index (χ4v) is 1.13. The highest BCUT2D eigenvalue weighted by Crippen LogP contribution is 2.10. The smallest absolute Gasteiger partial charge is 0.306 e. The summed E-state index contributed by atoms with van der Waals surface area (Å²) in [5, 5.41) is 11.3. The van der Waals surface area contributed by atoms with Gasteiger partial charge in [0, 0.05) is 6.54 Å². The van der Waals surface area contributed by atoms with E-state index in [1.807, 2.05) is 6.92 Å². The lowest BCUT2D eigenvalue weighted by molar-refractivity contribution is -0.142. The Hall–Kier alpha value is -1.32. The van der Waals surface area contributed by atoms with Gasteiger partial charge in [-0.2, -0.15) is 0 Å². The van der Waals surface area contributed by atoms with Crippen molar-refractivity contribution in [2.24, 2.45) is 5.92 Å². The Morgan fingerprint density at radius 2 is 2.21 bits per heavy atom. The molecule has 0 bridgehead atoms. The van der Waals surface area contributed by atoms with Gasteiger partial charge in [0.1, 0.15) is 0 Å². The van der Waals surface area contributed by atoms with Crippen LogP contribution in [0.1, 0.15) is 26.2 Å². The molecule has 1 unspecified atom stereocenters. The van der Waals surface area contributed by atoms with E-state index in [1.54, 1.807) is 0 Å². The summed E-state index contributed by atoms with van der Waals surface area (Å²) in [6, 6.07) is 0. The molecule has 2 N–H and O–H groups in total. The zero-order chi connectivity index (χ0) is 11.0. The second kappa shape index (κ2) is 7.12. The van der Waals surface area contributed by atoms with Gasteiger partial charge in [0.25, 0.3) is 0 Å². The van der Waals surface area contributed by atoms with Crippen LogP contribution in [0.15, 0.2) is 12.7 Å². The van der Waals surface area contributed by atoms with Crippen LogP contribution in [-0.4, -0.2) is 23.5 Å². The van der Waals surface area contributed by atoms with Crippen LogP contribution in [0.2, 0.25) is 0 Å². The van der Waals surface area contributed by atoms with Crippen LogP contribution in [0.4, 0.5) is 0 Å². The first-order valence-electron chi connectivity index (χ1n) is 4.74. The van der Waals surface area contributed by atoms with Gasteiger partial charge in [-0.25, -0.2) is 0 Å². The van der Waals surface area contributed by atoms with Gasteiger partial charge in [0.15, 0.2) is 0 Å². The highest BCUT2D eigenvalue weighted by Gasteiger charge is 2.13. The minimum Gasteiger partial charge on any atom is -0.481 e. The quantitative estimate of drug-likeness (QED) is 0.478. The van der Waals surface area contributed by atoms with Gasteiger partial charge in [0.2, 0.25) is 5.91 Å². The van der Waals surface area contributed by atoms with E-state index in [-0.39, 0.29) is 11.8 Å². The zero-order valence-corrected chi connectivity index (χ0v) is 8.45. The topological polar surface area (TPSA) is 66.4 Å². The first-order chi connectivity index (χ1) is 6.61. The molecule has 0 aromatic carbocycles. The number of hydrogen-bond donors (Lipinski definition) is 2. The van der Waals surface area contributed by atoms with Gasteiger partial charge in [0.05, 0.1) is 5.92 Å². The van der Waals surface area contributed by atoms with Crippen molar-refractivity contribution >= 4 is 11.9 Å². The molecule has 0 aliphatic heterocycles. The Kier molecular flexibility index (Phi) is 6.45. The average molecular weight is 199 g/mol. The molecule has 0 saturated carbocycles. The molecular formula is C10H17NO3. The molecule has 0 heterocycles. The summed E-state index contributed by atoms with van der Waals surface area (Å²) in [6.45, 7) is 5.67. The number of carbonyl (C=O) groups is 2. The number of rotatable bonds is 7. The fraction of sp³-hybridized carbons (Fsp3) is 0.600. The largest absolute Gasteiger partial charge is 0.481 e. The number of aliphatic carboxylic acids is 1. The van der Waals surface area contributed by atoms with Crippen LogP contribution >= 0.6 is 0 Å². The lowest BCUT2D eigenvalue weighted by Gasteiger charge is -2.08. The minimum atomic E-state index is -0.762. The number of carboxylic acid groups (broad SMARTS) is 1. The van der Waals surface area contributed by atoms with Gasteiger partial charge in [-0.1, -0.05) is 13.5 Å². The summed E-state index contributed by atoms with van der Waals surface area (Å²) in [5.41, 5.74) is 0. The Morgan fingerprint density at radius 1 is 1.57 bits per heavy atom. The SMILES string of the molecule is C=CC(=O)NCCCC(CC)C(=O)O. The third-order valence-corrected chi connectivity index (χ3v) is 2.06. The highest BCUT2D eigenvalue weighted by atomic mass is 16.4. The number of hydrogen-bond acceptors (Lipinski definition) is 2. The summed E-state index contributed by atoms with van der Waals surface area (Å²) in [6.07, 6.45) is 3.12. The fourth-order valence-electron chi connectivity index (χ4n) is 1.13. The second-order valence-corrected chi connectivity index (χ2v) is 3.08. The number of carbonyl (C=O) groups excluding carboxylic acids is 1. The third kappa shape index (κ3) is 5.35. The number of carboxylic acids is 1. The van der Waals surface area contributed by atoms with Crippen LogP contribution < -0.4 is 5.32 Å². The van der Waals surface area contributed by atoms with Gasteiger partial charge in [-0.15, -0.1) is 0 Å². The van der Waals surface area contributed by atoms with E-state index < -0.39 is 5.97 Å². The molecular weight excluding hydrogens is 182 g/mol. The van der Waals surface area contributed by atoms with E-state index in [0.29, 0.717) is 25.8 Å². The molecule has 0 saturated heterocycles. The molecule has 0 radical (unpaired) electrons. The predicted octanol–water partition coefficient (Wildman–Crippen LogP) is 1.18. The van der Waals surface area contributed by atoms with E-state index >= 15 is 0 Å². The van der Waals surface area contributed by atoms with Crippen molar-refractivity contribution in [2.75, 3.05) is 6.54 Å². The Labute approximate surface area is 84.0 Å². The molecule has 0 rings (SSSR count). The molecule has 80 valence electrons. The maximum atomic E-state index is 10.7. The van der Waals surface area contributed by atoms with Crippen LogP contribution in [-0.2, 0) is 9.59 Å².